The van der Waals surface area contributed by atoms with Gasteiger partial charge in [-0.15, -0.1) is 0 Å². The molecule has 104 valence electrons. The summed E-state index contributed by atoms with van der Waals surface area (Å²) in [7, 11) is 1.40. The van der Waals surface area contributed by atoms with E-state index in [4.69, 9.17) is 0 Å². The lowest BCUT2D eigenvalue weighted by molar-refractivity contribution is 0.0949. The predicted molar refractivity (Wildman–Crippen MR) is 69.1 cm³/mol. The van der Waals surface area contributed by atoms with E-state index in [0.29, 0.717) is 5.69 Å². The second-order valence-corrected chi connectivity index (χ2v) is 3.95. The zero-order valence-corrected chi connectivity index (χ0v) is 10.7. The van der Waals surface area contributed by atoms with Gasteiger partial charge >= 0.3 is 0 Å². The molecule has 0 aliphatic carbocycles. The molecule has 2 aromatic rings. The van der Waals surface area contributed by atoms with E-state index in [2.05, 4.69) is 20.6 Å². The Balaban J connectivity index is 2.10. The van der Waals surface area contributed by atoms with E-state index in [9.17, 15) is 13.6 Å². The van der Waals surface area contributed by atoms with Gasteiger partial charge in [0, 0.05) is 18.8 Å². The highest BCUT2D eigenvalue weighted by molar-refractivity contribution is 5.94. The standard InChI is InChI=1S/C13H12F2N4O/c1-16-12-10(14)4-8(5-11(12)15)13(20)18-6-9-2-3-17-7-19-9/h2-5,7,16H,6H2,1H3,(H,18,20). The Labute approximate surface area is 114 Å². The van der Waals surface area contributed by atoms with Gasteiger partial charge in [-0.25, -0.2) is 18.7 Å². The number of aromatic nitrogens is 2. The van der Waals surface area contributed by atoms with Crippen LogP contribution < -0.4 is 10.6 Å². The fourth-order valence-corrected chi connectivity index (χ4v) is 1.64. The number of hydrogen-bond acceptors (Lipinski definition) is 4. The van der Waals surface area contributed by atoms with Gasteiger partial charge in [0.1, 0.15) is 23.6 Å². The van der Waals surface area contributed by atoms with E-state index in [0.717, 1.165) is 12.1 Å². The van der Waals surface area contributed by atoms with E-state index in [1.807, 2.05) is 0 Å². The molecule has 1 aromatic heterocycles. The van der Waals surface area contributed by atoms with Crippen molar-refractivity contribution in [3.05, 3.63) is 53.6 Å². The smallest absolute Gasteiger partial charge is 0.251 e. The molecule has 0 fully saturated rings. The highest BCUT2D eigenvalue weighted by Gasteiger charge is 2.14. The average Bonchev–Trinajstić information content (AvgIpc) is 2.45. The minimum atomic E-state index is -0.820. The lowest BCUT2D eigenvalue weighted by Gasteiger charge is -2.08. The number of rotatable bonds is 4. The summed E-state index contributed by atoms with van der Waals surface area (Å²) >= 11 is 0. The number of nitrogens with one attached hydrogen (secondary N) is 2. The molecule has 2 rings (SSSR count). The molecule has 0 saturated heterocycles. The average molecular weight is 278 g/mol. The molecule has 2 N–H and O–H groups in total. The highest BCUT2D eigenvalue weighted by atomic mass is 19.1. The van der Waals surface area contributed by atoms with Crippen LogP contribution in [0.5, 0.6) is 0 Å². The van der Waals surface area contributed by atoms with Gasteiger partial charge < -0.3 is 10.6 Å². The molecular formula is C13H12F2N4O. The third-order valence-corrected chi connectivity index (χ3v) is 2.63. The Morgan fingerprint density at radius 2 is 2.00 bits per heavy atom. The van der Waals surface area contributed by atoms with Gasteiger partial charge in [0.05, 0.1) is 12.2 Å². The number of benzene rings is 1. The first-order valence-electron chi connectivity index (χ1n) is 5.81. The van der Waals surface area contributed by atoms with Crippen molar-refractivity contribution in [3.63, 3.8) is 0 Å². The van der Waals surface area contributed by atoms with Crippen LogP contribution in [0.1, 0.15) is 16.1 Å². The number of amides is 1. The summed E-state index contributed by atoms with van der Waals surface area (Å²) in [6.45, 7) is 0.151. The topological polar surface area (TPSA) is 66.9 Å². The minimum Gasteiger partial charge on any atom is -0.383 e. The van der Waals surface area contributed by atoms with Gasteiger partial charge in [-0.1, -0.05) is 0 Å². The van der Waals surface area contributed by atoms with Crippen molar-refractivity contribution in [1.29, 1.82) is 0 Å². The first-order chi connectivity index (χ1) is 9.61. The summed E-state index contributed by atoms with van der Waals surface area (Å²) in [6.07, 6.45) is 2.89. The van der Waals surface area contributed by atoms with E-state index in [-0.39, 0.29) is 17.8 Å². The Bertz CT molecular complexity index is 596. The fraction of sp³-hybridized carbons (Fsp3) is 0.154. The van der Waals surface area contributed by atoms with Crippen LogP contribution in [0, 0.1) is 11.6 Å². The van der Waals surface area contributed by atoms with Crippen LogP contribution in [0.3, 0.4) is 0 Å². The largest absolute Gasteiger partial charge is 0.383 e. The Kier molecular flexibility index (Phi) is 4.19. The summed E-state index contributed by atoms with van der Waals surface area (Å²) in [4.78, 5) is 19.5. The first-order valence-corrected chi connectivity index (χ1v) is 5.81. The quantitative estimate of drug-likeness (QED) is 0.893. The van der Waals surface area contributed by atoms with Crippen LogP contribution in [-0.4, -0.2) is 22.9 Å². The van der Waals surface area contributed by atoms with Gasteiger partial charge in [0.25, 0.3) is 5.91 Å². The van der Waals surface area contributed by atoms with E-state index in [1.54, 1.807) is 6.07 Å². The minimum absolute atomic E-state index is 0.0898. The second kappa shape index (κ2) is 6.05. The van der Waals surface area contributed by atoms with Crippen LogP contribution in [0.25, 0.3) is 0 Å². The number of anilines is 1. The number of halogens is 2. The van der Waals surface area contributed by atoms with Crippen molar-refractivity contribution in [2.75, 3.05) is 12.4 Å². The van der Waals surface area contributed by atoms with E-state index < -0.39 is 17.5 Å². The highest BCUT2D eigenvalue weighted by Crippen LogP contribution is 2.20. The number of carbonyl (C=O) groups excluding carboxylic acids is 1. The third kappa shape index (κ3) is 3.05. The third-order valence-electron chi connectivity index (χ3n) is 2.63. The first kappa shape index (κ1) is 13.9. The second-order valence-electron chi connectivity index (χ2n) is 3.95. The molecule has 5 nitrogen and oxygen atoms in total. The molecule has 0 aliphatic heterocycles. The molecule has 20 heavy (non-hydrogen) atoms. The molecule has 0 spiro atoms. The molecule has 0 unspecified atom stereocenters. The van der Waals surface area contributed by atoms with Crippen LogP contribution in [0.4, 0.5) is 14.5 Å². The molecule has 0 atom stereocenters. The lowest BCUT2D eigenvalue weighted by Crippen LogP contribution is -2.23. The fourth-order valence-electron chi connectivity index (χ4n) is 1.64. The van der Waals surface area contributed by atoms with Crippen LogP contribution in [0.15, 0.2) is 30.7 Å². The van der Waals surface area contributed by atoms with Gasteiger partial charge in [-0.05, 0) is 18.2 Å². The molecule has 0 aliphatic rings. The van der Waals surface area contributed by atoms with Crippen LogP contribution in [0.2, 0.25) is 0 Å². The maximum Gasteiger partial charge on any atom is 0.251 e. The summed E-state index contributed by atoms with van der Waals surface area (Å²) < 4.78 is 27.1. The Hall–Kier alpha value is -2.57. The van der Waals surface area contributed by atoms with Crippen molar-refractivity contribution in [2.45, 2.75) is 6.54 Å². The van der Waals surface area contributed by atoms with E-state index in [1.165, 1.54) is 19.6 Å². The molecule has 1 amide bonds. The van der Waals surface area contributed by atoms with Crippen molar-refractivity contribution in [2.24, 2.45) is 0 Å². The van der Waals surface area contributed by atoms with Gasteiger partial charge in [0.15, 0.2) is 0 Å². The molecule has 0 bridgehead atoms. The molecule has 0 radical (unpaired) electrons. The normalized spacial score (nSPS) is 10.2. The van der Waals surface area contributed by atoms with Gasteiger partial charge in [0.2, 0.25) is 0 Å². The van der Waals surface area contributed by atoms with Gasteiger partial charge in [-0.2, -0.15) is 0 Å². The van der Waals surface area contributed by atoms with Crippen LogP contribution in [-0.2, 0) is 6.54 Å². The van der Waals surface area contributed by atoms with Crippen molar-refractivity contribution >= 4 is 11.6 Å². The number of nitrogens with zero attached hydrogens (tertiary/aromatic N) is 2. The van der Waals surface area contributed by atoms with Gasteiger partial charge in [-0.3, -0.25) is 4.79 Å². The molecule has 1 heterocycles. The maximum absolute atomic E-state index is 13.5. The summed E-state index contributed by atoms with van der Waals surface area (Å²) in [5.74, 6) is -2.22. The van der Waals surface area contributed by atoms with Crippen LogP contribution >= 0.6 is 0 Å². The predicted octanol–water partition coefficient (Wildman–Crippen LogP) is 1.73. The maximum atomic E-state index is 13.5. The molecule has 7 heteroatoms. The monoisotopic (exact) mass is 278 g/mol. The zero-order chi connectivity index (χ0) is 14.5. The zero-order valence-electron chi connectivity index (χ0n) is 10.7. The molecule has 0 saturated carbocycles. The molecule has 1 aromatic carbocycles. The van der Waals surface area contributed by atoms with Crippen molar-refractivity contribution < 1.29 is 13.6 Å². The SMILES string of the molecule is CNc1c(F)cc(C(=O)NCc2ccncn2)cc1F. The summed E-state index contributed by atoms with van der Waals surface area (Å²) in [5, 5.41) is 4.91. The Morgan fingerprint density at radius 3 is 2.55 bits per heavy atom. The Morgan fingerprint density at radius 1 is 1.30 bits per heavy atom. The van der Waals surface area contributed by atoms with E-state index >= 15 is 0 Å². The van der Waals surface area contributed by atoms with Crippen molar-refractivity contribution in [3.8, 4) is 0 Å². The van der Waals surface area contributed by atoms with Crippen molar-refractivity contribution in [1.82, 2.24) is 15.3 Å². The summed E-state index contributed by atoms with van der Waals surface area (Å²) in [6, 6.07) is 3.58. The summed E-state index contributed by atoms with van der Waals surface area (Å²) in [5.41, 5.74) is 0.242. The molecular weight excluding hydrogens is 266 g/mol. The number of hydrogen-bond donors (Lipinski definition) is 2. The number of carbonyl (C=O) groups is 1. The lowest BCUT2D eigenvalue weighted by atomic mass is 10.1.